The first-order valence-electron chi connectivity index (χ1n) is 7.00. The van der Waals surface area contributed by atoms with Crippen LogP contribution in [0.5, 0.6) is 0 Å². The van der Waals surface area contributed by atoms with Gasteiger partial charge in [-0.25, -0.2) is 0 Å². The third-order valence-corrected chi connectivity index (χ3v) is 3.23. The number of hydrogen-bond donors (Lipinski definition) is 1. The predicted octanol–water partition coefficient (Wildman–Crippen LogP) is 1.81. The lowest BCUT2D eigenvalue weighted by atomic mass is 10.2. The molecule has 5 heteroatoms. The molecular weight excluding hydrogens is 254 g/mol. The first kappa shape index (κ1) is 15.0. The standard InChI is InChI=1S/C15H23N3O2/c1-19-10-5-9-18-15-7-4-3-6-13(15)14(17-18)12-16-8-11-20-2/h3-4,6-7,16H,5,8-12H2,1-2H3. The van der Waals surface area contributed by atoms with E-state index in [2.05, 4.69) is 34.3 Å². The molecule has 0 fully saturated rings. The number of fused-ring (bicyclic) bond motifs is 1. The minimum atomic E-state index is 0.715. The largest absolute Gasteiger partial charge is 0.385 e. The van der Waals surface area contributed by atoms with Crippen LogP contribution in [0.2, 0.25) is 0 Å². The van der Waals surface area contributed by atoms with Crippen molar-refractivity contribution in [2.24, 2.45) is 0 Å². The van der Waals surface area contributed by atoms with E-state index in [0.717, 1.165) is 38.4 Å². The number of ether oxygens (including phenoxy) is 2. The highest BCUT2D eigenvalue weighted by atomic mass is 16.5. The van der Waals surface area contributed by atoms with Crippen LogP contribution in [0.3, 0.4) is 0 Å². The number of methoxy groups -OCH3 is 2. The summed E-state index contributed by atoms with van der Waals surface area (Å²) in [6, 6.07) is 8.36. The van der Waals surface area contributed by atoms with E-state index in [1.165, 1.54) is 10.9 Å². The van der Waals surface area contributed by atoms with E-state index in [-0.39, 0.29) is 0 Å². The monoisotopic (exact) mass is 277 g/mol. The molecule has 110 valence electrons. The van der Waals surface area contributed by atoms with Crippen molar-refractivity contribution in [2.75, 3.05) is 34.0 Å². The van der Waals surface area contributed by atoms with Gasteiger partial charge < -0.3 is 14.8 Å². The molecule has 0 radical (unpaired) electrons. The van der Waals surface area contributed by atoms with E-state index in [1.807, 2.05) is 0 Å². The molecule has 0 unspecified atom stereocenters. The van der Waals surface area contributed by atoms with Gasteiger partial charge in [0.1, 0.15) is 0 Å². The van der Waals surface area contributed by atoms with E-state index >= 15 is 0 Å². The first-order chi connectivity index (χ1) is 9.86. The topological polar surface area (TPSA) is 48.3 Å². The highest BCUT2D eigenvalue weighted by Crippen LogP contribution is 2.18. The van der Waals surface area contributed by atoms with Gasteiger partial charge in [0.15, 0.2) is 0 Å². The Kier molecular flexibility index (Phi) is 5.98. The van der Waals surface area contributed by atoms with Crippen LogP contribution in [0.25, 0.3) is 10.9 Å². The smallest absolute Gasteiger partial charge is 0.0841 e. The van der Waals surface area contributed by atoms with Crippen molar-refractivity contribution in [1.82, 2.24) is 15.1 Å². The van der Waals surface area contributed by atoms with Crippen LogP contribution in [0, 0.1) is 0 Å². The second-order valence-corrected chi connectivity index (χ2v) is 4.70. The molecule has 0 aliphatic carbocycles. The number of nitrogens with zero attached hydrogens (tertiary/aromatic N) is 2. The Balaban J connectivity index is 2.09. The first-order valence-corrected chi connectivity index (χ1v) is 7.00. The molecule has 0 saturated heterocycles. The Morgan fingerprint density at radius 2 is 1.95 bits per heavy atom. The zero-order chi connectivity index (χ0) is 14.2. The fraction of sp³-hybridized carbons (Fsp3) is 0.533. The second kappa shape index (κ2) is 7.99. The van der Waals surface area contributed by atoms with Crippen LogP contribution in [-0.4, -0.2) is 43.8 Å². The van der Waals surface area contributed by atoms with Gasteiger partial charge in [-0.05, 0) is 12.5 Å². The maximum absolute atomic E-state index is 5.11. The summed E-state index contributed by atoms with van der Waals surface area (Å²) >= 11 is 0. The zero-order valence-corrected chi connectivity index (χ0v) is 12.3. The van der Waals surface area contributed by atoms with Crippen molar-refractivity contribution in [3.63, 3.8) is 0 Å². The second-order valence-electron chi connectivity index (χ2n) is 4.70. The van der Waals surface area contributed by atoms with Crippen molar-refractivity contribution in [1.29, 1.82) is 0 Å². The third-order valence-electron chi connectivity index (χ3n) is 3.23. The minimum absolute atomic E-state index is 0.715. The number of hydrogen-bond acceptors (Lipinski definition) is 4. The Morgan fingerprint density at radius 3 is 2.75 bits per heavy atom. The zero-order valence-electron chi connectivity index (χ0n) is 12.3. The van der Waals surface area contributed by atoms with Crippen LogP contribution in [0.15, 0.2) is 24.3 Å². The maximum Gasteiger partial charge on any atom is 0.0841 e. The van der Waals surface area contributed by atoms with Crippen molar-refractivity contribution in [3.05, 3.63) is 30.0 Å². The van der Waals surface area contributed by atoms with Crippen molar-refractivity contribution < 1.29 is 9.47 Å². The Hall–Kier alpha value is -1.43. The summed E-state index contributed by atoms with van der Waals surface area (Å²) in [4.78, 5) is 0. The Labute approximate surface area is 119 Å². The molecule has 2 aromatic rings. The summed E-state index contributed by atoms with van der Waals surface area (Å²) in [6.07, 6.45) is 0.971. The molecule has 1 N–H and O–H groups in total. The van der Waals surface area contributed by atoms with Crippen LogP contribution in [0.1, 0.15) is 12.1 Å². The normalized spacial score (nSPS) is 11.3. The lowest BCUT2D eigenvalue weighted by Gasteiger charge is -2.02. The number of para-hydroxylation sites is 1. The van der Waals surface area contributed by atoms with E-state index in [4.69, 9.17) is 14.6 Å². The molecule has 1 heterocycles. The molecule has 0 spiro atoms. The van der Waals surface area contributed by atoms with Crippen LogP contribution in [0.4, 0.5) is 0 Å². The van der Waals surface area contributed by atoms with Gasteiger partial charge >= 0.3 is 0 Å². The molecule has 20 heavy (non-hydrogen) atoms. The van der Waals surface area contributed by atoms with E-state index in [0.29, 0.717) is 6.61 Å². The average molecular weight is 277 g/mol. The molecule has 0 amide bonds. The van der Waals surface area contributed by atoms with Gasteiger partial charge in [-0.2, -0.15) is 5.10 Å². The van der Waals surface area contributed by atoms with Gasteiger partial charge in [0, 0.05) is 45.8 Å². The molecule has 0 atom stereocenters. The molecule has 0 bridgehead atoms. The molecule has 0 aliphatic rings. The molecule has 2 rings (SSSR count). The number of aromatic nitrogens is 2. The maximum atomic E-state index is 5.11. The third kappa shape index (κ3) is 3.79. The van der Waals surface area contributed by atoms with Crippen molar-refractivity contribution in [3.8, 4) is 0 Å². The predicted molar refractivity (Wildman–Crippen MR) is 79.8 cm³/mol. The molecule has 1 aromatic heterocycles. The van der Waals surface area contributed by atoms with Gasteiger partial charge in [-0.15, -0.1) is 0 Å². The van der Waals surface area contributed by atoms with E-state index < -0.39 is 0 Å². The molecule has 0 saturated carbocycles. The Bertz CT molecular complexity index is 525. The average Bonchev–Trinajstić information content (AvgIpc) is 2.83. The van der Waals surface area contributed by atoms with Crippen LogP contribution in [-0.2, 0) is 22.6 Å². The number of benzene rings is 1. The molecular formula is C15H23N3O2. The quantitative estimate of drug-likeness (QED) is 0.710. The van der Waals surface area contributed by atoms with Gasteiger partial charge in [0.2, 0.25) is 0 Å². The van der Waals surface area contributed by atoms with E-state index in [9.17, 15) is 0 Å². The fourth-order valence-corrected chi connectivity index (χ4v) is 2.24. The minimum Gasteiger partial charge on any atom is -0.385 e. The summed E-state index contributed by atoms with van der Waals surface area (Å²) < 4.78 is 12.2. The summed E-state index contributed by atoms with van der Waals surface area (Å²) in [5, 5.41) is 9.28. The summed E-state index contributed by atoms with van der Waals surface area (Å²) in [5.74, 6) is 0. The molecule has 1 aromatic carbocycles. The SMILES string of the molecule is COCCCn1nc(CNCCOC)c2ccccc21. The van der Waals surface area contributed by atoms with Gasteiger partial charge in [-0.1, -0.05) is 18.2 Å². The summed E-state index contributed by atoms with van der Waals surface area (Å²) in [7, 11) is 3.44. The van der Waals surface area contributed by atoms with E-state index in [1.54, 1.807) is 14.2 Å². The van der Waals surface area contributed by atoms with Crippen molar-refractivity contribution in [2.45, 2.75) is 19.5 Å². The number of aryl methyl sites for hydroxylation is 1. The Morgan fingerprint density at radius 1 is 1.15 bits per heavy atom. The molecule has 5 nitrogen and oxygen atoms in total. The lowest BCUT2D eigenvalue weighted by molar-refractivity contribution is 0.189. The van der Waals surface area contributed by atoms with Crippen LogP contribution >= 0.6 is 0 Å². The highest BCUT2D eigenvalue weighted by Gasteiger charge is 2.09. The number of nitrogens with one attached hydrogen (secondary N) is 1. The van der Waals surface area contributed by atoms with Crippen molar-refractivity contribution >= 4 is 10.9 Å². The summed E-state index contributed by atoms with van der Waals surface area (Å²) in [6.45, 7) is 3.96. The van der Waals surface area contributed by atoms with Gasteiger partial charge in [0.05, 0.1) is 17.8 Å². The van der Waals surface area contributed by atoms with Gasteiger partial charge in [-0.3, -0.25) is 4.68 Å². The van der Waals surface area contributed by atoms with Gasteiger partial charge in [0.25, 0.3) is 0 Å². The fourth-order valence-electron chi connectivity index (χ4n) is 2.24. The molecule has 0 aliphatic heterocycles. The summed E-state index contributed by atoms with van der Waals surface area (Å²) in [5.41, 5.74) is 2.28. The highest BCUT2D eigenvalue weighted by molar-refractivity contribution is 5.81. The van der Waals surface area contributed by atoms with Crippen LogP contribution < -0.4 is 5.32 Å². The number of rotatable bonds is 9. The lowest BCUT2D eigenvalue weighted by Crippen LogP contribution is -2.19.